The van der Waals surface area contributed by atoms with Crippen molar-refractivity contribution in [3.8, 4) is 0 Å². The molecule has 1 N–H and O–H groups in total. The molecule has 1 aromatic heterocycles. The summed E-state index contributed by atoms with van der Waals surface area (Å²) in [4.78, 5) is 0. The average Bonchev–Trinajstić information content (AvgIpc) is 2.38. The number of furan rings is 1. The van der Waals surface area contributed by atoms with Crippen LogP contribution in [0.2, 0.25) is 10.9 Å². The molecule has 2 atom stereocenters. The molecular formula is C7H11AsO2. The fraction of sp³-hybridized carbons (Fsp3) is 0.429. The van der Waals surface area contributed by atoms with Crippen molar-refractivity contribution in [2.45, 2.75) is 17.0 Å². The van der Waals surface area contributed by atoms with Crippen molar-refractivity contribution in [1.29, 1.82) is 0 Å². The molecule has 0 bridgehead atoms. The van der Waals surface area contributed by atoms with Gasteiger partial charge < -0.3 is 0 Å². The second-order valence-corrected chi connectivity index (χ2v) is 4.47. The molecule has 0 saturated heterocycles. The molecule has 1 rings (SSSR count). The third-order valence-corrected chi connectivity index (χ3v) is 2.99. The third-order valence-electron chi connectivity index (χ3n) is 1.33. The van der Waals surface area contributed by atoms with Crippen molar-refractivity contribution in [3.05, 3.63) is 24.2 Å². The molecule has 0 aromatic carbocycles. The van der Waals surface area contributed by atoms with Crippen LogP contribution in [-0.4, -0.2) is 20.9 Å². The third kappa shape index (κ3) is 1.89. The molecule has 0 aliphatic rings. The van der Waals surface area contributed by atoms with Crippen molar-refractivity contribution >= 4 is 15.8 Å². The summed E-state index contributed by atoms with van der Waals surface area (Å²) in [7, 11) is 0. The van der Waals surface area contributed by atoms with Crippen LogP contribution in [0.3, 0.4) is 0 Å². The number of rotatable bonds is 3. The first kappa shape index (κ1) is 7.90. The standard InChI is InChI=1S/C7H11AsO2/c1-8-4-7(9)6-2-3-10-5-6/h2-3,5,7-9H,4H2,1H3. The summed E-state index contributed by atoms with van der Waals surface area (Å²) in [5.74, 6) is 0. The van der Waals surface area contributed by atoms with Gasteiger partial charge >= 0.3 is 66.5 Å². The quantitative estimate of drug-likeness (QED) is 0.747. The van der Waals surface area contributed by atoms with Gasteiger partial charge in [0.2, 0.25) is 0 Å². The van der Waals surface area contributed by atoms with Crippen LogP contribution in [0.5, 0.6) is 0 Å². The van der Waals surface area contributed by atoms with Gasteiger partial charge in [0.25, 0.3) is 0 Å². The summed E-state index contributed by atoms with van der Waals surface area (Å²) in [5.41, 5.74) is 3.08. The molecule has 0 aliphatic carbocycles. The van der Waals surface area contributed by atoms with Gasteiger partial charge in [0.1, 0.15) is 0 Å². The first-order chi connectivity index (χ1) is 4.84. The molecule has 0 radical (unpaired) electrons. The van der Waals surface area contributed by atoms with E-state index in [1.807, 2.05) is 6.07 Å². The Labute approximate surface area is 66.9 Å². The molecule has 1 aromatic rings. The fourth-order valence-corrected chi connectivity index (χ4v) is 2.08. The molecule has 2 nitrogen and oxygen atoms in total. The number of aliphatic hydroxyl groups excluding tert-OH is 1. The summed E-state index contributed by atoms with van der Waals surface area (Å²) in [6.07, 6.45) is 2.91. The van der Waals surface area contributed by atoms with E-state index in [4.69, 9.17) is 4.42 Å². The van der Waals surface area contributed by atoms with Crippen LogP contribution in [-0.2, 0) is 0 Å². The van der Waals surface area contributed by atoms with Crippen LogP contribution < -0.4 is 0 Å². The zero-order chi connectivity index (χ0) is 7.40. The van der Waals surface area contributed by atoms with E-state index in [1.54, 1.807) is 12.5 Å². The molecule has 0 saturated carbocycles. The van der Waals surface area contributed by atoms with Crippen LogP contribution in [0.1, 0.15) is 11.7 Å². The van der Waals surface area contributed by atoms with E-state index in [0.29, 0.717) is 0 Å². The predicted octanol–water partition coefficient (Wildman–Crippen LogP) is 1.22. The molecule has 2 unspecified atom stereocenters. The first-order valence-electron chi connectivity index (χ1n) is 3.19. The van der Waals surface area contributed by atoms with Crippen LogP contribution in [0, 0.1) is 0 Å². The van der Waals surface area contributed by atoms with Crippen LogP contribution in [0.4, 0.5) is 0 Å². The summed E-state index contributed by atoms with van der Waals surface area (Å²) < 4.78 is 4.84. The van der Waals surface area contributed by atoms with E-state index in [1.165, 1.54) is 0 Å². The van der Waals surface area contributed by atoms with Crippen LogP contribution in [0.25, 0.3) is 0 Å². The maximum atomic E-state index is 9.38. The molecule has 56 valence electrons. The monoisotopic (exact) mass is 202 g/mol. The van der Waals surface area contributed by atoms with E-state index in [2.05, 4.69) is 5.71 Å². The molecular weight excluding hydrogens is 191 g/mol. The molecule has 0 spiro atoms. The maximum absolute atomic E-state index is 9.38. The van der Waals surface area contributed by atoms with Crippen molar-refractivity contribution in [1.82, 2.24) is 0 Å². The summed E-state index contributed by atoms with van der Waals surface area (Å²) in [6, 6.07) is 1.81. The van der Waals surface area contributed by atoms with E-state index in [9.17, 15) is 5.11 Å². The van der Waals surface area contributed by atoms with Gasteiger partial charge in [-0.2, -0.15) is 0 Å². The Morgan fingerprint density at radius 3 is 3.10 bits per heavy atom. The Hall–Kier alpha value is -0.202. The SMILES string of the molecule is C[AsH]CC(O)c1ccoc1. The van der Waals surface area contributed by atoms with Crippen molar-refractivity contribution in [2.75, 3.05) is 0 Å². The van der Waals surface area contributed by atoms with Gasteiger partial charge in [0, 0.05) is 0 Å². The van der Waals surface area contributed by atoms with E-state index < -0.39 is 0 Å². The Morgan fingerprint density at radius 1 is 1.80 bits per heavy atom. The van der Waals surface area contributed by atoms with Gasteiger partial charge in [-0.3, -0.25) is 0 Å². The summed E-state index contributed by atoms with van der Waals surface area (Å²) in [6.45, 7) is 0. The van der Waals surface area contributed by atoms with Crippen molar-refractivity contribution < 1.29 is 9.52 Å². The van der Waals surface area contributed by atoms with Gasteiger partial charge in [-0.1, -0.05) is 0 Å². The number of hydrogen-bond donors (Lipinski definition) is 1. The number of hydrogen-bond acceptors (Lipinski definition) is 2. The van der Waals surface area contributed by atoms with Gasteiger partial charge in [0.05, 0.1) is 0 Å². The molecule has 10 heavy (non-hydrogen) atoms. The predicted molar refractivity (Wildman–Crippen MR) is 41.5 cm³/mol. The zero-order valence-corrected chi connectivity index (χ0v) is 7.97. The molecule has 0 aliphatic heterocycles. The topological polar surface area (TPSA) is 33.4 Å². The van der Waals surface area contributed by atoms with Gasteiger partial charge in [-0.05, 0) is 0 Å². The van der Waals surface area contributed by atoms with E-state index >= 15 is 0 Å². The Kier molecular flexibility index (Phi) is 3.04. The van der Waals surface area contributed by atoms with E-state index in [-0.39, 0.29) is 21.9 Å². The molecule has 0 amide bonds. The Bertz CT molecular complexity index is 172. The fourth-order valence-electron chi connectivity index (χ4n) is 0.776. The minimum absolute atomic E-state index is 0.0566. The molecule has 3 heteroatoms. The number of aliphatic hydroxyl groups is 1. The Morgan fingerprint density at radius 2 is 2.60 bits per heavy atom. The minimum atomic E-state index is -0.288. The average molecular weight is 202 g/mol. The normalized spacial score (nSPS) is 14.6. The van der Waals surface area contributed by atoms with Crippen molar-refractivity contribution in [3.63, 3.8) is 0 Å². The first-order valence-corrected chi connectivity index (χ1v) is 6.77. The van der Waals surface area contributed by atoms with Gasteiger partial charge in [0.15, 0.2) is 0 Å². The second kappa shape index (κ2) is 3.84. The summed E-state index contributed by atoms with van der Waals surface area (Å²) >= 11 is 0.0566. The van der Waals surface area contributed by atoms with E-state index in [0.717, 1.165) is 10.8 Å². The van der Waals surface area contributed by atoms with Gasteiger partial charge in [-0.25, -0.2) is 0 Å². The van der Waals surface area contributed by atoms with Crippen LogP contribution >= 0.6 is 0 Å². The second-order valence-electron chi connectivity index (χ2n) is 2.13. The van der Waals surface area contributed by atoms with Gasteiger partial charge in [-0.15, -0.1) is 0 Å². The zero-order valence-electron chi connectivity index (χ0n) is 5.87. The molecule has 1 heterocycles. The van der Waals surface area contributed by atoms with Crippen LogP contribution in [0.15, 0.2) is 23.0 Å². The molecule has 0 fully saturated rings. The Balaban J connectivity index is 2.50. The summed E-state index contributed by atoms with van der Waals surface area (Å²) in [5, 5.41) is 10.3. The van der Waals surface area contributed by atoms with Crippen molar-refractivity contribution in [2.24, 2.45) is 0 Å².